The summed E-state index contributed by atoms with van der Waals surface area (Å²) in [4.78, 5) is 11.6. The summed E-state index contributed by atoms with van der Waals surface area (Å²) >= 11 is -2.36. The van der Waals surface area contributed by atoms with Gasteiger partial charge >= 0.3 is 178 Å². The summed E-state index contributed by atoms with van der Waals surface area (Å²) in [7, 11) is 4.70. The van der Waals surface area contributed by atoms with Crippen LogP contribution in [0.25, 0.3) is 0 Å². The SMILES string of the molecule is CCC[CH2][Sn](/[CH]=C/[C@@H](OC)[C@H](C)/C(=C\C(=O)OC)OC)([CH2]CCC)[CH2]CCC. The predicted molar refractivity (Wildman–Crippen MR) is 121 cm³/mol. The van der Waals surface area contributed by atoms with Crippen molar-refractivity contribution in [1.29, 1.82) is 0 Å². The summed E-state index contributed by atoms with van der Waals surface area (Å²) < 4.78 is 22.9. The second-order valence-corrected chi connectivity index (χ2v) is 20.8. The van der Waals surface area contributed by atoms with E-state index in [1.54, 1.807) is 14.2 Å². The molecule has 0 aliphatic heterocycles. The van der Waals surface area contributed by atoms with Crippen molar-refractivity contribution in [2.45, 2.75) is 85.6 Å². The van der Waals surface area contributed by atoms with E-state index in [-0.39, 0.29) is 12.0 Å². The van der Waals surface area contributed by atoms with Crippen LogP contribution in [0.3, 0.4) is 0 Å². The Morgan fingerprint density at radius 3 is 1.75 bits per heavy atom. The first kappa shape index (κ1) is 27.5. The van der Waals surface area contributed by atoms with Crippen LogP contribution in [-0.2, 0) is 19.0 Å². The number of rotatable bonds is 16. The number of carbonyl (C=O) groups is 1. The van der Waals surface area contributed by atoms with Gasteiger partial charge in [-0.3, -0.25) is 0 Å². The van der Waals surface area contributed by atoms with Crippen LogP contribution in [0.15, 0.2) is 22.0 Å². The van der Waals surface area contributed by atoms with Crippen molar-refractivity contribution >= 4 is 24.3 Å². The third-order valence-electron chi connectivity index (χ3n) is 5.63. The van der Waals surface area contributed by atoms with Crippen LogP contribution in [0, 0.1) is 5.92 Å². The summed E-state index contributed by atoms with van der Waals surface area (Å²) in [6.07, 6.45) is 11.4. The van der Waals surface area contributed by atoms with E-state index in [4.69, 9.17) is 14.2 Å². The molecule has 0 N–H and O–H groups in total. The number of ether oxygens (including phenoxy) is 3. The number of hydrogen-bond donors (Lipinski definition) is 0. The van der Waals surface area contributed by atoms with Gasteiger partial charge in [-0.25, -0.2) is 0 Å². The molecule has 28 heavy (non-hydrogen) atoms. The maximum atomic E-state index is 11.6. The van der Waals surface area contributed by atoms with Crippen molar-refractivity contribution in [2.75, 3.05) is 21.3 Å². The molecule has 5 heteroatoms. The van der Waals surface area contributed by atoms with Gasteiger partial charge in [0.2, 0.25) is 0 Å². The van der Waals surface area contributed by atoms with Crippen LogP contribution in [0.5, 0.6) is 0 Å². The molecule has 0 fully saturated rings. The third-order valence-corrected chi connectivity index (χ3v) is 19.8. The molecule has 0 saturated heterocycles. The summed E-state index contributed by atoms with van der Waals surface area (Å²) in [5.41, 5.74) is 0. The van der Waals surface area contributed by atoms with Crippen molar-refractivity contribution < 1.29 is 19.0 Å². The van der Waals surface area contributed by atoms with Crippen LogP contribution in [0.1, 0.15) is 66.2 Å². The third kappa shape index (κ3) is 10.3. The van der Waals surface area contributed by atoms with Crippen LogP contribution in [0.2, 0.25) is 13.3 Å². The van der Waals surface area contributed by atoms with Gasteiger partial charge in [-0.1, -0.05) is 0 Å². The van der Waals surface area contributed by atoms with Gasteiger partial charge in [0, 0.05) is 0 Å². The first-order chi connectivity index (χ1) is 13.4. The molecule has 0 radical (unpaired) electrons. The van der Waals surface area contributed by atoms with Gasteiger partial charge in [0.05, 0.1) is 0 Å². The van der Waals surface area contributed by atoms with E-state index in [1.807, 2.05) is 6.92 Å². The van der Waals surface area contributed by atoms with Crippen molar-refractivity contribution in [1.82, 2.24) is 0 Å². The number of esters is 1. The van der Waals surface area contributed by atoms with E-state index < -0.39 is 24.3 Å². The summed E-state index contributed by atoms with van der Waals surface area (Å²) in [6.45, 7) is 8.92. The second kappa shape index (κ2) is 16.3. The molecule has 0 aliphatic rings. The first-order valence-corrected chi connectivity index (χ1v) is 18.7. The summed E-state index contributed by atoms with van der Waals surface area (Å²) in [5, 5.41) is 0. The molecule has 0 aromatic heterocycles. The van der Waals surface area contributed by atoms with E-state index in [1.165, 1.54) is 65.0 Å². The maximum absolute atomic E-state index is 11.6. The molecule has 0 unspecified atom stereocenters. The zero-order chi connectivity index (χ0) is 21.4. The molecule has 0 bridgehead atoms. The summed E-state index contributed by atoms with van der Waals surface area (Å²) in [6, 6.07) is 0. The average molecular weight is 503 g/mol. The normalized spacial score (nSPS) is 14.9. The second-order valence-electron chi connectivity index (χ2n) is 7.80. The zero-order valence-electron chi connectivity index (χ0n) is 19.4. The Bertz CT molecular complexity index is 451. The Balaban J connectivity index is 5.60. The minimum absolute atomic E-state index is 0.0436. The van der Waals surface area contributed by atoms with E-state index in [2.05, 4.69) is 30.9 Å². The fourth-order valence-electron chi connectivity index (χ4n) is 3.67. The Hall–Kier alpha value is -0.491. The Kier molecular flexibility index (Phi) is 16.0. The number of carbonyl (C=O) groups excluding carboxylic acids is 1. The standard InChI is InChI=1S/C11H17O4.3C4H9.Sn/c1-6-9(13-3)8(2)10(14-4)7-11(12)15-5;3*1-3-4-2;/h1,6-9H,2-5H3;3*1,3-4H2,2H3;/b6-1?,10-7+;;;;/t8-,9+;;;;/m0..../s1. The molecule has 2 atom stereocenters. The van der Waals surface area contributed by atoms with E-state index in [0.29, 0.717) is 5.76 Å². The fraction of sp³-hybridized carbons (Fsp3) is 0.783. The topological polar surface area (TPSA) is 44.8 Å². The van der Waals surface area contributed by atoms with Gasteiger partial charge in [-0.15, -0.1) is 0 Å². The van der Waals surface area contributed by atoms with Gasteiger partial charge in [0.1, 0.15) is 0 Å². The van der Waals surface area contributed by atoms with Gasteiger partial charge in [-0.2, -0.15) is 0 Å². The van der Waals surface area contributed by atoms with Crippen molar-refractivity contribution in [3.63, 3.8) is 0 Å². The monoisotopic (exact) mass is 504 g/mol. The van der Waals surface area contributed by atoms with Crippen LogP contribution in [0.4, 0.5) is 0 Å². The van der Waals surface area contributed by atoms with Crippen molar-refractivity contribution in [3.05, 3.63) is 22.0 Å². The number of methoxy groups -OCH3 is 3. The molecule has 0 amide bonds. The molecular weight excluding hydrogens is 459 g/mol. The summed E-state index contributed by atoms with van der Waals surface area (Å²) in [5.74, 6) is 0.155. The molecule has 0 spiro atoms. The fourth-order valence-corrected chi connectivity index (χ4v) is 18.0. The molecule has 0 aromatic rings. The molecule has 4 nitrogen and oxygen atoms in total. The average Bonchev–Trinajstić information content (AvgIpc) is 2.72. The van der Waals surface area contributed by atoms with Crippen LogP contribution >= 0.6 is 0 Å². The molecule has 0 rings (SSSR count). The quantitative estimate of drug-likeness (QED) is 0.108. The van der Waals surface area contributed by atoms with Gasteiger partial charge < -0.3 is 0 Å². The predicted octanol–water partition coefficient (Wildman–Crippen LogP) is 6.29. The Morgan fingerprint density at radius 2 is 1.39 bits per heavy atom. The molecule has 0 aromatic carbocycles. The van der Waals surface area contributed by atoms with E-state index >= 15 is 0 Å². The van der Waals surface area contributed by atoms with Gasteiger partial charge in [0.25, 0.3) is 0 Å². The Morgan fingerprint density at radius 1 is 0.893 bits per heavy atom. The molecule has 0 aliphatic carbocycles. The van der Waals surface area contributed by atoms with Crippen molar-refractivity contribution in [2.24, 2.45) is 5.92 Å². The number of unbranched alkanes of at least 4 members (excludes halogenated alkanes) is 3. The van der Waals surface area contributed by atoms with Crippen LogP contribution in [-0.4, -0.2) is 51.8 Å². The molecule has 0 saturated carbocycles. The molecule has 0 heterocycles. The van der Waals surface area contributed by atoms with Gasteiger partial charge in [-0.05, 0) is 0 Å². The molecule has 164 valence electrons. The first-order valence-electron chi connectivity index (χ1n) is 11.0. The Labute approximate surface area is 178 Å². The van der Waals surface area contributed by atoms with Crippen molar-refractivity contribution in [3.8, 4) is 0 Å². The zero-order valence-corrected chi connectivity index (χ0v) is 22.2. The molecular formula is C23H44O4Sn. The minimum atomic E-state index is -2.36. The van der Waals surface area contributed by atoms with E-state index in [9.17, 15) is 4.79 Å². The number of hydrogen-bond acceptors (Lipinski definition) is 4. The van der Waals surface area contributed by atoms with Crippen LogP contribution < -0.4 is 0 Å². The van der Waals surface area contributed by atoms with Gasteiger partial charge in [0.15, 0.2) is 0 Å². The van der Waals surface area contributed by atoms with E-state index in [0.717, 1.165) is 0 Å².